The first kappa shape index (κ1) is 20.2. The van der Waals surface area contributed by atoms with Crippen LogP contribution in [0.2, 0.25) is 0 Å². The molecule has 0 saturated carbocycles. The molecule has 3 rings (SSSR count). The van der Waals surface area contributed by atoms with Crippen molar-refractivity contribution in [2.45, 2.75) is 39.5 Å². The molecule has 2 aliphatic heterocycles. The largest absolute Gasteiger partial charge is 0.369 e. The van der Waals surface area contributed by atoms with E-state index in [1.807, 2.05) is 24.2 Å². The number of anilines is 2. The van der Waals surface area contributed by atoms with Crippen LogP contribution in [0.25, 0.3) is 0 Å². The standard InChI is InChI=1S/C20H33N5OS/c1-3-7-24(8-4-2)19(26)17-5-9-23(10-6-17)18-15-21-20(22-16-18)25-11-13-27-14-12-25/h15-17H,3-14H2,1-2H3. The van der Waals surface area contributed by atoms with Crippen LogP contribution in [0.15, 0.2) is 12.4 Å². The van der Waals surface area contributed by atoms with Gasteiger partial charge in [-0.2, -0.15) is 11.8 Å². The highest BCUT2D eigenvalue weighted by atomic mass is 32.2. The van der Waals surface area contributed by atoms with Crippen molar-refractivity contribution >= 4 is 29.3 Å². The fourth-order valence-electron chi connectivity index (χ4n) is 3.92. The summed E-state index contributed by atoms with van der Waals surface area (Å²) >= 11 is 1.99. The highest BCUT2D eigenvalue weighted by Gasteiger charge is 2.28. The molecule has 1 aromatic heterocycles. The van der Waals surface area contributed by atoms with Gasteiger partial charge in [0.05, 0.1) is 18.1 Å². The molecule has 0 aromatic carbocycles. The first-order valence-electron chi connectivity index (χ1n) is 10.4. The Morgan fingerprint density at radius 2 is 1.63 bits per heavy atom. The number of hydrogen-bond acceptors (Lipinski definition) is 6. The number of piperidine rings is 1. The quantitative estimate of drug-likeness (QED) is 0.712. The monoisotopic (exact) mass is 391 g/mol. The van der Waals surface area contributed by atoms with Crippen LogP contribution in [0.5, 0.6) is 0 Å². The number of nitrogens with zero attached hydrogens (tertiary/aromatic N) is 5. The van der Waals surface area contributed by atoms with E-state index in [2.05, 4.69) is 38.5 Å². The summed E-state index contributed by atoms with van der Waals surface area (Å²) in [5, 5.41) is 0. The summed E-state index contributed by atoms with van der Waals surface area (Å²) in [6.07, 6.45) is 7.81. The maximum Gasteiger partial charge on any atom is 0.225 e. The summed E-state index contributed by atoms with van der Waals surface area (Å²) < 4.78 is 0. The maximum absolute atomic E-state index is 12.8. The number of aromatic nitrogens is 2. The van der Waals surface area contributed by atoms with Gasteiger partial charge in [-0.25, -0.2) is 9.97 Å². The number of amides is 1. The van der Waals surface area contributed by atoms with E-state index >= 15 is 0 Å². The minimum Gasteiger partial charge on any atom is -0.369 e. The van der Waals surface area contributed by atoms with Crippen LogP contribution >= 0.6 is 11.8 Å². The average Bonchev–Trinajstić information content (AvgIpc) is 2.74. The van der Waals surface area contributed by atoms with Crippen LogP contribution < -0.4 is 9.80 Å². The van der Waals surface area contributed by atoms with Gasteiger partial charge in [0.15, 0.2) is 0 Å². The van der Waals surface area contributed by atoms with E-state index in [4.69, 9.17) is 0 Å². The lowest BCUT2D eigenvalue weighted by Gasteiger charge is -2.35. The number of carbonyl (C=O) groups is 1. The zero-order chi connectivity index (χ0) is 19.1. The van der Waals surface area contributed by atoms with Crippen LogP contribution in [0, 0.1) is 5.92 Å². The van der Waals surface area contributed by atoms with Gasteiger partial charge >= 0.3 is 0 Å². The molecule has 2 saturated heterocycles. The van der Waals surface area contributed by atoms with E-state index in [0.29, 0.717) is 5.91 Å². The molecule has 0 bridgehead atoms. The molecular weight excluding hydrogens is 358 g/mol. The lowest BCUT2D eigenvalue weighted by Crippen LogP contribution is -2.43. The Hall–Kier alpha value is -1.50. The van der Waals surface area contributed by atoms with Gasteiger partial charge in [0.1, 0.15) is 0 Å². The Morgan fingerprint density at radius 3 is 2.19 bits per heavy atom. The van der Waals surface area contributed by atoms with E-state index in [9.17, 15) is 4.79 Å². The minimum atomic E-state index is 0.172. The van der Waals surface area contributed by atoms with Crippen molar-refractivity contribution in [1.82, 2.24) is 14.9 Å². The van der Waals surface area contributed by atoms with Crippen molar-refractivity contribution in [3.05, 3.63) is 12.4 Å². The number of rotatable bonds is 7. The molecule has 0 unspecified atom stereocenters. The Balaban J connectivity index is 1.53. The van der Waals surface area contributed by atoms with Crippen molar-refractivity contribution in [2.24, 2.45) is 5.92 Å². The smallest absolute Gasteiger partial charge is 0.225 e. The molecule has 150 valence electrons. The molecule has 0 atom stereocenters. The van der Waals surface area contributed by atoms with Crippen molar-refractivity contribution in [3.8, 4) is 0 Å². The lowest BCUT2D eigenvalue weighted by atomic mass is 9.95. The van der Waals surface area contributed by atoms with Gasteiger partial charge in [0.2, 0.25) is 11.9 Å². The molecule has 27 heavy (non-hydrogen) atoms. The van der Waals surface area contributed by atoms with Crippen LogP contribution in [0.3, 0.4) is 0 Å². The summed E-state index contributed by atoms with van der Waals surface area (Å²) in [6, 6.07) is 0. The van der Waals surface area contributed by atoms with Crippen molar-refractivity contribution in [3.63, 3.8) is 0 Å². The minimum absolute atomic E-state index is 0.172. The van der Waals surface area contributed by atoms with E-state index < -0.39 is 0 Å². The first-order chi connectivity index (χ1) is 13.2. The van der Waals surface area contributed by atoms with Gasteiger partial charge < -0.3 is 14.7 Å². The molecule has 6 nitrogen and oxygen atoms in total. The molecule has 0 spiro atoms. The van der Waals surface area contributed by atoms with Gasteiger partial charge in [-0.3, -0.25) is 4.79 Å². The molecule has 1 aromatic rings. The zero-order valence-corrected chi connectivity index (χ0v) is 17.6. The van der Waals surface area contributed by atoms with Crippen LogP contribution in [-0.4, -0.2) is 71.5 Å². The van der Waals surface area contributed by atoms with E-state index in [1.165, 1.54) is 0 Å². The average molecular weight is 392 g/mol. The van der Waals surface area contributed by atoms with Crippen LogP contribution in [0.1, 0.15) is 39.5 Å². The highest BCUT2D eigenvalue weighted by molar-refractivity contribution is 7.99. The fraction of sp³-hybridized carbons (Fsp3) is 0.750. The normalized spacial score (nSPS) is 18.6. The second kappa shape index (κ2) is 10.2. The summed E-state index contributed by atoms with van der Waals surface area (Å²) in [4.78, 5) is 28.7. The zero-order valence-electron chi connectivity index (χ0n) is 16.8. The molecular formula is C20H33N5OS. The first-order valence-corrected chi connectivity index (χ1v) is 11.6. The number of carbonyl (C=O) groups excluding carboxylic acids is 1. The third-order valence-electron chi connectivity index (χ3n) is 5.43. The summed E-state index contributed by atoms with van der Waals surface area (Å²) in [6.45, 7) is 9.94. The molecule has 1 amide bonds. The molecule has 7 heteroatoms. The fourth-order valence-corrected chi connectivity index (χ4v) is 4.82. The molecule has 3 heterocycles. The third-order valence-corrected chi connectivity index (χ3v) is 6.37. The van der Waals surface area contributed by atoms with E-state index in [1.54, 1.807) is 0 Å². The van der Waals surface area contributed by atoms with Gasteiger partial charge in [-0.1, -0.05) is 13.8 Å². The molecule has 2 fully saturated rings. The van der Waals surface area contributed by atoms with Gasteiger partial charge in [-0.15, -0.1) is 0 Å². The molecule has 0 aliphatic carbocycles. The predicted octanol–water partition coefficient (Wildman–Crippen LogP) is 2.89. The highest BCUT2D eigenvalue weighted by Crippen LogP contribution is 2.25. The number of thioether (sulfide) groups is 1. The van der Waals surface area contributed by atoms with Crippen molar-refractivity contribution in [1.29, 1.82) is 0 Å². The third kappa shape index (κ3) is 5.27. The second-order valence-corrected chi connectivity index (χ2v) is 8.65. The summed E-state index contributed by atoms with van der Waals surface area (Å²) in [5.74, 6) is 3.68. The van der Waals surface area contributed by atoms with Crippen molar-refractivity contribution < 1.29 is 4.79 Å². The molecule has 0 radical (unpaired) electrons. The van der Waals surface area contributed by atoms with Gasteiger partial charge in [0, 0.05) is 56.7 Å². The molecule has 0 N–H and O–H groups in total. The Morgan fingerprint density at radius 1 is 1.04 bits per heavy atom. The topological polar surface area (TPSA) is 52.6 Å². The number of hydrogen-bond donors (Lipinski definition) is 0. The molecule has 2 aliphatic rings. The van der Waals surface area contributed by atoms with Gasteiger partial charge in [-0.05, 0) is 25.7 Å². The van der Waals surface area contributed by atoms with Crippen LogP contribution in [-0.2, 0) is 4.79 Å². The summed E-state index contributed by atoms with van der Waals surface area (Å²) in [5.41, 5.74) is 1.08. The SMILES string of the molecule is CCCN(CCC)C(=O)C1CCN(c2cnc(N3CCSCC3)nc2)CC1. The Bertz CT molecular complexity index is 577. The lowest BCUT2D eigenvalue weighted by molar-refractivity contribution is -0.136. The second-order valence-electron chi connectivity index (χ2n) is 7.43. The summed E-state index contributed by atoms with van der Waals surface area (Å²) in [7, 11) is 0. The van der Waals surface area contributed by atoms with Crippen LogP contribution in [0.4, 0.5) is 11.6 Å². The van der Waals surface area contributed by atoms with Crippen molar-refractivity contribution in [2.75, 3.05) is 60.6 Å². The predicted molar refractivity (Wildman–Crippen MR) is 114 cm³/mol. The maximum atomic E-state index is 12.8. The Kier molecular flexibility index (Phi) is 7.61. The van der Waals surface area contributed by atoms with E-state index in [-0.39, 0.29) is 5.92 Å². The Labute approximate surface area is 167 Å². The van der Waals surface area contributed by atoms with Gasteiger partial charge in [0.25, 0.3) is 0 Å². The van der Waals surface area contributed by atoms with E-state index in [0.717, 1.165) is 88.1 Å².